The van der Waals surface area contributed by atoms with Crippen LogP contribution in [0.2, 0.25) is 0 Å². The van der Waals surface area contributed by atoms with Crippen molar-refractivity contribution in [3.63, 3.8) is 0 Å². The fourth-order valence-electron chi connectivity index (χ4n) is 6.37. The zero-order valence-corrected chi connectivity index (χ0v) is 23.3. The van der Waals surface area contributed by atoms with E-state index in [1.165, 1.54) is 44.1 Å². The number of carboxylic acids is 1. The van der Waals surface area contributed by atoms with E-state index in [9.17, 15) is 27.9 Å². The van der Waals surface area contributed by atoms with Crippen molar-refractivity contribution in [2.24, 2.45) is 17.1 Å². The van der Waals surface area contributed by atoms with Crippen LogP contribution < -0.4 is 5.73 Å². The second kappa shape index (κ2) is 13.3. The van der Waals surface area contributed by atoms with E-state index in [4.69, 9.17) is 15.6 Å². The lowest BCUT2D eigenvalue weighted by Crippen LogP contribution is -2.50. The Bertz CT molecular complexity index is 1030. The van der Waals surface area contributed by atoms with Crippen LogP contribution >= 0.6 is 0 Å². The van der Waals surface area contributed by atoms with Crippen LogP contribution in [0.4, 0.5) is 13.2 Å². The number of amides is 2. The fourth-order valence-corrected chi connectivity index (χ4v) is 6.37. The van der Waals surface area contributed by atoms with Crippen LogP contribution in [0.3, 0.4) is 0 Å². The predicted octanol–water partition coefficient (Wildman–Crippen LogP) is 4.17. The molecule has 2 amide bonds. The number of piperidine rings is 1. The van der Waals surface area contributed by atoms with Crippen LogP contribution in [0.5, 0.6) is 0 Å². The average molecular weight is 570 g/mol. The van der Waals surface area contributed by atoms with Gasteiger partial charge in [-0.25, -0.2) is 4.79 Å². The molecule has 224 valence electrons. The zero-order valence-electron chi connectivity index (χ0n) is 23.3. The van der Waals surface area contributed by atoms with Crippen LogP contribution in [0, 0.1) is 11.3 Å². The molecule has 3 aliphatic rings. The first-order valence-corrected chi connectivity index (χ1v) is 14.1. The molecular weight excluding hydrogens is 527 g/mol. The summed E-state index contributed by atoms with van der Waals surface area (Å²) in [5, 5.41) is 16.9. The monoisotopic (exact) mass is 569 g/mol. The third-order valence-corrected chi connectivity index (χ3v) is 8.61. The molecule has 4 rings (SSSR count). The molecule has 3 fully saturated rings. The maximum absolute atomic E-state index is 13.3. The highest BCUT2D eigenvalue weighted by Gasteiger charge is 2.42. The molecule has 2 unspecified atom stereocenters. The molecule has 2 saturated heterocycles. The van der Waals surface area contributed by atoms with Gasteiger partial charge in [0.25, 0.3) is 0 Å². The van der Waals surface area contributed by atoms with Crippen molar-refractivity contribution in [3.8, 4) is 0 Å². The Kier molecular flexibility index (Phi) is 10.6. The van der Waals surface area contributed by atoms with Gasteiger partial charge in [-0.2, -0.15) is 13.2 Å². The van der Waals surface area contributed by atoms with Gasteiger partial charge in [0.15, 0.2) is 0 Å². The molecule has 0 aromatic heterocycles. The molecule has 40 heavy (non-hydrogen) atoms. The number of carbonyl (C=O) groups is 3. The minimum Gasteiger partial charge on any atom is -0.475 e. The lowest BCUT2D eigenvalue weighted by molar-refractivity contribution is -0.192. The number of hydrogen-bond donors (Lipinski definition) is 3. The van der Waals surface area contributed by atoms with E-state index < -0.39 is 17.6 Å². The average Bonchev–Trinajstić information content (AvgIpc) is 3.50. The van der Waals surface area contributed by atoms with E-state index in [1.54, 1.807) is 6.07 Å². The zero-order chi connectivity index (χ0) is 29.7. The molecule has 8 nitrogen and oxygen atoms in total. The summed E-state index contributed by atoms with van der Waals surface area (Å²) in [5.41, 5.74) is 6.59. The van der Waals surface area contributed by atoms with Crippen molar-refractivity contribution < 1.29 is 37.8 Å². The first-order chi connectivity index (χ1) is 18.7. The maximum Gasteiger partial charge on any atom is 0.490 e. The molecule has 11 heteroatoms. The third kappa shape index (κ3) is 8.19. The lowest BCUT2D eigenvalue weighted by atomic mass is 9.84. The summed E-state index contributed by atoms with van der Waals surface area (Å²) in [6, 6.07) is 8.89. The van der Waals surface area contributed by atoms with Crippen molar-refractivity contribution in [2.75, 3.05) is 26.2 Å². The standard InChI is InChI=1S/C27H41N3O3.C2HF3O2/c1-27(2,18-31)26(33)29(17-19-6-3-4-7-19)12-13-30-23-10-11-24(30)16-22(15-23)20-8-5-9-21(14-20)25(28)32;3-2(4,5)1(6)7/h5,8-9,14,19,22-24,31H,3-4,6-7,10-13,15-18H2,1-2H3,(H2,28,32);(H,6,7). The quantitative estimate of drug-likeness (QED) is 0.410. The Morgan fingerprint density at radius 1 is 1.05 bits per heavy atom. The van der Waals surface area contributed by atoms with Crippen molar-refractivity contribution in [1.82, 2.24) is 9.80 Å². The van der Waals surface area contributed by atoms with Crippen molar-refractivity contribution >= 4 is 17.8 Å². The van der Waals surface area contributed by atoms with Crippen LogP contribution in [-0.4, -0.2) is 82.3 Å². The first-order valence-electron chi connectivity index (χ1n) is 14.1. The number of fused-ring (bicyclic) bond motifs is 2. The van der Waals surface area contributed by atoms with E-state index in [1.807, 2.05) is 30.9 Å². The number of aliphatic hydroxyl groups excluding tert-OH is 1. The minimum atomic E-state index is -5.08. The van der Waals surface area contributed by atoms with E-state index in [0.29, 0.717) is 29.5 Å². The number of carboxylic acid groups (broad SMARTS) is 1. The Morgan fingerprint density at radius 3 is 2.12 bits per heavy atom. The minimum absolute atomic E-state index is 0.0856. The van der Waals surface area contributed by atoms with Gasteiger partial charge in [-0.05, 0) is 81.9 Å². The van der Waals surface area contributed by atoms with Gasteiger partial charge in [-0.3, -0.25) is 14.5 Å². The Hall–Kier alpha value is -2.66. The predicted molar refractivity (Wildman–Crippen MR) is 144 cm³/mol. The molecule has 1 aromatic rings. The Morgan fingerprint density at radius 2 is 1.62 bits per heavy atom. The van der Waals surface area contributed by atoms with Crippen molar-refractivity contribution in [2.45, 2.75) is 89.4 Å². The Labute approximate surface area is 233 Å². The van der Waals surface area contributed by atoms with Gasteiger partial charge in [0.2, 0.25) is 11.8 Å². The van der Waals surface area contributed by atoms with Gasteiger partial charge in [-0.1, -0.05) is 25.0 Å². The summed E-state index contributed by atoms with van der Waals surface area (Å²) in [6.07, 6.45) is 4.48. The number of benzene rings is 1. The number of nitrogens with zero attached hydrogens (tertiary/aromatic N) is 2. The molecule has 1 saturated carbocycles. The van der Waals surface area contributed by atoms with Gasteiger partial charge in [0, 0.05) is 37.3 Å². The van der Waals surface area contributed by atoms with Crippen LogP contribution in [-0.2, 0) is 9.59 Å². The van der Waals surface area contributed by atoms with E-state index in [-0.39, 0.29) is 18.4 Å². The molecule has 1 aliphatic carbocycles. The number of carbonyl (C=O) groups excluding carboxylic acids is 2. The summed E-state index contributed by atoms with van der Waals surface area (Å²) < 4.78 is 31.7. The number of nitrogens with two attached hydrogens (primary N) is 1. The van der Waals surface area contributed by atoms with E-state index in [0.717, 1.165) is 32.5 Å². The molecule has 1 aromatic carbocycles. The second-order valence-corrected chi connectivity index (χ2v) is 12.0. The van der Waals surface area contributed by atoms with Gasteiger partial charge in [-0.15, -0.1) is 0 Å². The normalized spacial score (nSPS) is 23.4. The molecule has 0 spiro atoms. The smallest absolute Gasteiger partial charge is 0.475 e. The number of rotatable bonds is 9. The molecule has 2 heterocycles. The number of primary amides is 1. The number of halogens is 3. The summed E-state index contributed by atoms with van der Waals surface area (Å²) in [6.45, 7) is 6.07. The van der Waals surface area contributed by atoms with Gasteiger partial charge in [0.1, 0.15) is 0 Å². The molecule has 2 atom stereocenters. The topological polar surface area (TPSA) is 124 Å². The molecule has 2 aliphatic heterocycles. The molecule has 4 N–H and O–H groups in total. The van der Waals surface area contributed by atoms with Crippen molar-refractivity contribution in [3.05, 3.63) is 35.4 Å². The molecule has 2 bridgehead atoms. The number of aliphatic hydroxyl groups is 1. The fraction of sp³-hybridized carbons (Fsp3) is 0.690. The number of alkyl halides is 3. The molecular formula is C29H42F3N3O5. The summed E-state index contributed by atoms with van der Waals surface area (Å²) in [4.78, 5) is 38.5. The van der Waals surface area contributed by atoms with Gasteiger partial charge in [0.05, 0.1) is 12.0 Å². The maximum atomic E-state index is 13.3. The van der Waals surface area contributed by atoms with E-state index >= 15 is 0 Å². The lowest BCUT2D eigenvalue weighted by Gasteiger charge is -2.41. The molecule has 0 radical (unpaired) electrons. The summed E-state index contributed by atoms with van der Waals surface area (Å²) in [7, 11) is 0. The second-order valence-electron chi connectivity index (χ2n) is 12.0. The van der Waals surface area contributed by atoms with Crippen LogP contribution in [0.1, 0.15) is 87.1 Å². The van der Waals surface area contributed by atoms with Gasteiger partial charge < -0.3 is 20.8 Å². The highest BCUT2D eigenvalue weighted by molar-refractivity contribution is 5.92. The summed E-state index contributed by atoms with van der Waals surface area (Å²) in [5.74, 6) is -1.98. The third-order valence-electron chi connectivity index (χ3n) is 8.61. The summed E-state index contributed by atoms with van der Waals surface area (Å²) >= 11 is 0. The highest BCUT2D eigenvalue weighted by atomic mass is 19.4. The SMILES string of the molecule is CC(C)(CO)C(=O)N(CCN1C2CCC1CC(c1cccc(C(N)=O)c1)C2)CC1CCCC1.O=C(O)C(F)(F)F. The number of hydrogen-bond acceptors (Lipinski definition) is 5. The first kappa shape index (κ1) is 31.9. The number of aliphatic carboxylic acids is 1. The van der Waals surface area contributed by atoms with Gasteiger partial charge >= 0.3 is 12.1 Å². The van der Waals surface area contributed by atoms with Crippen molar-refractivity contribution in [1.29, 1.82) is 0 Å². The largest absolute Gasteiger partial charge is 0.490 e. The highest BCUT2D eigenvalue weighted by Crippen LogP contribution is 2.43. The Balaban J connectivity index is 0.000000559. The van der Waals surface area contributed by atoms with Crippen LogP contribution in [0.15, 0.2) is 24.3 Å². The van der Waals surface area contributed by atoms with Crippen LogP contribution in [0.25, 0.3) is 0 Å². The van der Waals surface area contributed by atoms with E-state index in [2.05, 4.69) is 11.0 Å².